The van der Waals surface area contributed by atoms with Gasteiger partial charge in [-0.1, -0.05) is 6.92 Å². The van der Waals surface area contributed by atoms with Crippen LogP contribution >= 0.6 is 0 Å². The summed E-state index contributed by atoms with van der Waals surface area (Å²) in [5.74, 6) is 0. The second-order valence-corrected chi connectivity index (χ2v) is 13.2. The van der Waals surface area contributed by atoms with Crippen molar-refractivity contribution in [1.29, 1.82) is 0 Å². The lowest BCUT2D eigenvalue weighted by Gasteiger charge is -2.24. The van der Waals surface area contributed by atoms with E-state index in [9.17, 15) is 0 Å². The average molecular weight is 921 g/mol. The van der Waals surface area contributed by atoms with Crippen molar-refractivity contribution < 1.29 is 133 Å². The van der Waals surface area contributed by atoms with Gasteiger partial charge in [-0.05, 0) is 32.1 Å². The number of hydrogen-bond donors (Lipinski definition) is 26. The molecule has 0 aliphatic carbocycles. The molecule has 0 aliphatic heterocycles. The Kier molecular flexibility index (Phi) is 64.9. The fourth-order valence-electron chi connectivity index (χ4n) is 2.84. The number of aliphatic hydroxyl groups excluding tert-OH is 26. The monoisotopic (exact) mass is 921 g/mol. The Morgan fingerprint density at radius 1 is 0.311 bits per heavy atom. The van der Waals surface area contributed by atoms with Crippen molar-refractivity contribution in [2.45, 2.75) is 100 Å². The molecule has 61 heavy (non-hydrogen) atoms. The minimum atomic E-state index is -1.67. The van der Waals surface area contributed by atoms with Crippen molar-refractivity contribution in [3.05, 3.63) is 0 Å². The van der Waals surface area contributed by atoms with Crippen LogP contribution in [0.25, 0.3) is 0 Å². The van der Waals surface area contributed by atoms with Crippen LogP contribution in [0.15, 0.2) is 0 Å². The predicted molar refractivity (Wildman–Crippen MR) is 213 cm³/mol. The smallest absolute Gasteiger partial charge is 0.111 e. The maximum Gasteiger partial charge on any atom is 0.111 e. The van der Waals surface area contributed by atoms with Gasteiger partial charge >= 0.3 is 0 Å². The van der Waals surface area contributed by atoms with Crippen molar-refractivity contribution >= 4 is 0 Å². The van der Waals surface area contributed by atoms with Crippen LogP contribution in [0, 0.1) is 10.8 Å². The zero-order chi connectivity index (χ0) is 49.5. The summed E-state index contributed by atoms with van der Waals surface area (Å²) in [4.78, 5) is 0. The van der Waals surface area contributed by atoms with E-state index in [4.69, 9.17) is 133 Å². The summed E-state index contributed by atoms with van der Waals surface area (Å²) in [6, 6.07) is 0. The van der Waals surface area contributed by atoms with Gasteiger partial charge in [0.1, 0.15) is 30.5 Å². The van der Waals surface area contributed by atoms with Crippen LogP contribution in [0.4, 0.5) is 0 Å². The van der Waals surface area contributed by atoms with Crippen LogP contribution in [0.3, 0.4) is 0 Å². The fourth-order valence-corrected chi connectivity index (χ4v) is 2.84. The summed E-state index contributed by atoms with van der Waals surface area (Å²) in [5.41, 5.74) is -1.78. The molecule has 26 nitrogen and oxygen atoms in total. The molecule has 0 aliphatic rings. The van der Waals surface area contributed by atoms with E-state index >= 15 is 0 Å². The maximum absolute atomic E-state index is 8.96. The normalized spacial score (nSPS) is 14.5. The zero-order valence-corrected chi connectivity index (χ0v) is 35.1. The SMILES string of the molecule is CCC(CO)(CO)CO.OCC(CO)(CO)CO.OCC(O)C(O)C(O)C(O)CO.OCC(O)CC(O)CO.OCC(O)CO.OCCC(O)CCO.OCCCC(O)CO. The highest BCUT2D eigenvalue weighted by molar-refractivity contribution is 4.80. The second kappa shape index (κ2) is 53.3. The summed E-state index contributed by atoms with van der Waals surface area (Å²) in [5, 5.41) is 220. The van der Waals surface area contributed by atoms with E-state index in [0.29, 0.717) is 32.1 Å². The predicted octanol–water partition coefficient (Wildman–Crippen LogP) is -11.6. The topological polar surface area (TPSA) is 526 Å². The lowest BCUT2D eigenvalue weighted by Crippen LogP contribution is -2.46. The lowest BCUT2D eigenvalue weighted by molar-refractivity contribution is -0.123. The third-order valence-electron chi connectivity index (χ3n) is 7.83. The van der Waals surface area contributed by atoms with Gasteiger partial charge in [-0.25, -0.2) is 0 Å². The first-order chi connectivity index (χ1) is 28.7. The molecule has 0 rings (SSSR count). The Morgan fingerprint density at radius 3 is 0.754 bits per heavy atom. The molecule has 0 aromatic heterocycles. The van der Waals surface area contributed by atoms with Gasteiger partial charge in [0.05, 0.1) is 122 Å². The summed E-state index contributed by atoms with van der Waals surface area (Å²) < 4.78 is 0. The Morgan fingerprint density at radius 2 is 0.607 bits per heavy atom. The molecule has 0 heterocycles. The van der Waals surface area contributed by atoms with Gasteiger partial charge in [-0.15, -0.1) is 0 Å². The van der Waals surface area contributed by atoms with Crippen molar-refractivity contribution in [2.24, 2.45) is 10.8 Å². The molecule has 0 bridgehead atoms. The van der Waals surface area contributed by atoms with Crippen LogP contribution in [0.2, 0.25) is 0 Å². The fraction of sp³-hybridized carbons (Fsp3) is 1.00. The van der Waals surface area contributed by atoms with E-state index in [1.165, 1.54) is 0 Å². The minimum Gasteiger partial charge on any atom is -0.396 e. The highest BCUT2D eigenvalue weighted by Crippen LogP contribution is 2.18. The van der Waals surface area contributed by atoms with E-state index in [0.717, 1.165) is 0 Å². The van der Waals surface area contributed by atoms with E-state index in [-0.39, 0.29) is 79.1 Å². The van der Waals surface area contributed by atoms with Crippen LogP contribution in [0.5, 0.6) is 0 Å². The van der Waals surface area contributed by atoms with Gasteiger partial charge in [-0.3, -0.25) is 0 Å². The molecule has 0 fully saturated rings. The molecule has 0 spiro atoms. The molecule has 26 N–H and O–H groups in total. The van der Waals surface area contributed by atoms with Crippen molar-refractivity contribution in [1.82, 2.24) is 0 Å². The van der Waals surface area contributed by atoms with Crippen molar-refractivity contribution in [3.8, 4) is 0 Å². The van der Waals surface area contributed by atoms with E-state index < -0.39 is 105 Å². The third-order valence-corrected chi connectivity index (χ3v) is 7.83. The molecular weight excluding hydrogens is 836 g/mol. The third kappa shape index (κ3) is 48.3. The second-order valence-electron chi connectivity index (χ2n) is 13.2. The largest absolute Gasteiger partial charge is 0.396 e. The lowest BCUT2D eigenvalue weighted by atomic mass is 9.88. The highest BCUT2D eigenvalue weighted by Gasteiger charge is 2.29. The molecule has 0 aromatic carbocycles. The number of hydrogen-bond acceptors (Lipinski definition) is 26. The van der Waals surface area contributed by atoms with Crippen LogP contribution < -0.4 is 0 Å². The molecule has 380 valence electrons. The van der Waals surface area contributed by atoms with Gasteiger partial charge < -0.3 is 133 Å². The van der Waals surface area contributed by atoms with Crippen molar-refractivity contribution in [3.63, 3.8) is 0 Å². The Labute approximate surface area is 356 Å². The maximum atomic E-state index is 8.96. The number of aliphatic hydroxyl groups is 26. The Balaban J connectivity index is -0.000000112. The van der Waals surface area contributed by atoms with Crippen LogP contribution in [-0.4, -0.2) is 300 Å². The Hall–Kier alpha value is -1.04. The van der Waals surface area contributed by atoms with Gasteiger partial charge in [0.2, 0.25) is 0 Å². The van der Waals surface area contributed by atoms with Crippen molar-refractivity contribution in [2.75, 3.05) is 112 Å². The van der Waals surface area contributed by atoms with E-state index in [2.05, 4.69) is 0 Å². The molecule has 0 amide bonds. The summed E-state index contributed by atoms with van der Waals surface area (Å²) in [7, 11) is 0. The molecule has 0 radical (unpaired) electrons. The van der Waals surface area contributed by atoms with Crippen LogP contribution in [-0.2, 0) is 0 Å². The first-order valence-electron chi connectivity index (χ1n) is 19.1. The Bertz CT molecular complexity index is 699. The molecule has 0 aromatic rings. The zero-order valence-electron chi connectivity index (χ0n) is 35.1. The van der Waals surface area contributed by atoms with Crippen LogP contribution in [0.1, 0.15) is 45.4 Å². The molecule has 7 atom stereocenters. The summed E-state index contributed by atoms with van der Waals surface area (Å²) in [6.07, 6.45) is -8.01. The van der Waals surface area contributed by atoms with E-state index in [1.807, 2.05) is 6.92 Å². The molecular formula is C35H84O26. The summed E-state index contributed by atoms with van der Waals surface area (Å²) >= 11 is 0. The molecule has 7 unspecified atom stereocenters. The molecule has 0 saturated heterocycles. The van der Waals surface area contributed by atoms with E-state index in [1.54, 1.807) is 0 Å². The van der Waals surface area contributed by atoms with Gasteiger partial charge in [0.15, 0.2) is 0 Å². The van der Waals surface area contributed by atoms with Gasteiger partial charge in [0, 0.05) is 31.7 Å². The first kappa shape index (κ1) is 74.3. The molecule has 0 saturated carbocycles. The van der Waals surface area contributed by atoms with Gasteiger partial charge in [0.25, 0.3) is 0 Å². The van der Waals surface area contributed by atoms with Gasteiger partial charge in [-0.2, -0.15) is 0 Å². The highest BCUT2D eigenvalue weighted by atomic mass is 16.4. The quantitative estimate of drug-likeness (QED) is 0.0364. The standard InChI is InChI=1S/C6H14O6.C6H14O3.2C5H12O4.2C5H12O3.C3H8O3/c7-1-3(9)5(11)6(12)4(10)2-8;1-2-6(3-7,4-8)5-9;6-1-5(2-7,3-8)4-9;6-2-4(8)1-5(9)3-7;6-3-1-5(8)2-4-7;6-3-1-2-5(8)4-7;4-1-3(6)2-5/h3-12H,1-2H2;7-9H,2-5H2,1H3;6-9H,1-4H2;4-9H,1-3H2;2*5-8H,1-4H2;3-6H,1-2H2. The number of rotatable bonds is 27. The average Bonchev–Trinajstić information content (AvgIpc) is 3.29. The molecule has 26 heteroatoms. The minimum absolute atomic E-state index is 0.0127. The summed E-state index contributed by atoms with van der Waals surface area (Å²) in [6.45, 7) is -3.36. The first-order valence-corrected chi connectivity index (χ1v) is 19.1.